The van der Waals surface area contributed by atoms with Crippen molar-refractivity contribution in [2.75, 3.05) is 13.1 Å². The number of amides is 2. The molecule has 0 N–H and O–H groups in total. The zero-order chi connectivity index (χ0) is 28.6. The lowest BCUT2D eigenvalue weighted by Crippen LogP contribution is -2.46. The van der Waals surface area contributed by atoms with Crippen LogP contribution in [-0.2, 0) is 24.1 Å². The number of aromatic nitrogens is 1. The fourth-order valence-electron chi connectivity index (χ4n) is 4.26. The minimum atomic E-state index is -4.56. The Kier molecular flexibility index (Phi) is 10.8. The minimum Gasteiger partial charge on any atom is -0.345 e. The van der Waals surface area contributed by atoms with Gasteiger partial charge in [0.25, 0.3) is 5.91 Å². The Labute approximate surface area is 236 Å². The third-order valence-electron chi connectivity index (χ3n) is 6.80. The van der Waals surface area contributed by atoms with E-state index >= 15 is 0 Å². The molecule has 210 valence electrons. The third-order valence-corrected chi connectivity index (χ3v) is 7.33. The molecule has 0 aliphatic rings. The van der Waals surface area contributed by atoms with Gasteiger partial charge in [0.05, 0.1) is 12.1 Å². The standard InChI is InChI=1S/C30H35BrF3N3O2/c1-4-6-16-36(20-27-11-8-17-35(27)19-23-12-14-26(31)15-13-23)28(38)21-37(22(3)5-2)29(39)24-9-7-10-25(18-24)30(32,33)34/h7-15,17-18,22H,4-6,16,19-21H2,1-3H3. The quantitative estimate of drug-likeness (QED) is 0.216. The topological polar surface area (TPSA) is 45.6 Å². The van der Waals surface area contributed by atoms with Gasteiger partial charge < -0.3 is 14.4 Å². The Morgan fingerprint density at radius 3 is 2.38 bits per heavy atom. The smallest absolute Gasteiger partial charge is 0.345 e. The summed E-state index contributed by atoms with van der Waals surface area (Å²) >= 11 is 3.45. The van der Waals surface area contributed by atoms with Crippen LogP contribution in [0.2, 0.25) is 0 Å². The first kappa shape index (κ1) is 30.5. The summed E-state index contributed by atoms with van der Waals surface area (Å²) in [6, 6.07) is 16.0. The SMILES string of the molecule is CCCCN(Cc1cccn1Cc1ccc(Br)cc1)C(=O)CN(C(=O)c1cccc(C(F)(F)F)c1)C(C)CC. The van der Waals surface area contributed by atoms with E-state index in [-0.39, 0.29) is 24.1 Å². The van der Waals surface area contributed by atoms with Crippen molar-refractivity contribution in [2.45, 2.75) is 65.3 Å². The van der Waals surface area contributed by atoms with Crippen molar-refractivity contribution in [2.24, 2.45) is 0 Å². The minimum absolute atomic E-state index is 0.0820. The number of carbonyl (C=O) groups excluding carboxylic acids is 2. The van der Waals surface area contributed by atoms with Gasteiger partial charge in [-0.1, -0.05) is 54.4 Å². The van der Waals surface area contributed by atoms with Gasteiger partial charge in [0.1, 0.15) is 6.54 Å². The Balaban J connectivity index is 1.81. The van der Waals surface area contributed by atoms with Gasteiger partial charge in [-0.05, 0) is 67.8 Å². The molecule has 1 atom stereocenters. The van der Waals surface area contributed by atoms with Crippen molar-refractivity contribution >= 4 is 27.7 Å². The van der Waals surface area contributed by atoms with Gasteiger partial charge in [-0.3, -0.25) is 9.59 Å². The summed E-state index contributed by atoms with van der Waals surface area (Å²) in [5, 5.41) is 0. The zero-order valence-corrected chi connectivity index (χ0v) is 24.1. The van der Waals surface area contributed by atoms with E-state index in [2.05, 4.69) is 20.5 Å². The number of hydrogen-bond acceptors (Lipinski definition) is 2. The maximum absolute atomic E-state index is 13.6. The van der Waals surface area contributed by atoms with Gasteiger partial charge in [-0.25, -0.2) is 0 Å². The van der Waals surface area contributed by atoms with Crippen LogP contribution >= 0.6 is 15.9 Å². The van der Waals surface area contributed by atoms with E-state index in [0.717, 1.165) is 40.7 Å². The molecule has 2 amide bonds. The average Bonchev–Trinajstić information content (AvgIpc) is 3.35. The molecular formula is C30H35BrF3N3O2. The predicted molar refractivity (Wildman–Crippen MR) is 150 cm³/mol. The van der Waals surface area contributed by atoms with E-state index in [1.165, 1.54) is 17.0 Å². The van der Waals surface area contributed by atoms with Crippen molar-refractivity contribution in [1.82, 2.24) is 14.4 Å². The van der Waals surface area contributed by atoms with Crippen LogP contribution in [0.4, 0.5) is 13.2 Å². The van der Waals surface area contributed by atoms with Crippen LogP contribution in [0.5, 0.6) is 0 Å². The molecule has 1 unspecified atom stereocenters. The molecule has 0 aliphatic carbocycles. The molecule has 0 saturated carbocycles. The Bertz CT molecular complexity index is 1240. The van der Waals surface area contributed by atoms with Crippen molar-refractivity contribution < 1.29 is 22.8 Å². The fourth-order valence-corrected chi connectivity index (χ4v) is 4.52. The highest BCUT2D eigenvalue weighted by Gasteiger charge is 2.32. The van der Waals surface area contributed by atoms with E-state index in [9.17, 15) is 22.8 Å². The molecule has 5 nitrogen and oxygen atoms in total. The molecule has 0 spiro atoms. The Morgan fingerprint density at radius 1 is 1.03 bits per heavy atom. The molecule has 9 heteroatoms. The highest BCUT2D eigenvalue weighted by atomic mass is 79.9. The molecule has 3 rings (SSSR count). The molecule has 39 heavy (non-hydrogen) atoms. The number of carbonyl (C=O) groups is 2. The first-order valence-electron chi connectivity index (χ1n) is 13.2. The number of rotatable bonds is 12. The lowest BCUT2D eigenvalue weighted by molar-refractivity contribution is -0.137. The zero-order valence-electron chi connectivity index (χ0n) is 22.5. The molecule has 1 aromatic heterocycles. The summed E-state index contributed by atoms with van der Waals surface area (Å²) in [5.41, 5.74) is 1.11. The second-order valence-electron chi connectivity index (χ2n) is 9.69. The summed E-state index contributed by atoms with van der Waals surface area (Å²) < 4.78 is 42.9. The van der Waals surface area contributed by atoms with E-state index in [1.807, 2.05) is 56.4 Å². The summed E-state index contributed by atoms with van der Waals surface area (Å²) in [5.74, 6) is -0.821. The van der Waals surface area contributed by atoms with Gasteiger partial charge >= 0.3 is 6.18 Å². The summed E-state index contributed by atoms with van der Waals surface area (Å²) in [4.78, 5) is 30.1. The van der Waals surface area contributed by atoms with Crippen molar-refractivity contribution in [3.8, 4) is 0 Å². The van der Waals surface area contributed by atoms with Crippen LogP contribution in [0.25, 0.3) is 0 Å². The van der Waals surface area contributed by atoms with Crippen LogP contribution in [0, 0.1) is 0 Å². The first-order chi connectivity index (χ1) is 18.5. The van der Waals surface area contributed by atoms with Crippen LogP contribution in [-0.4, -0.2) is 45.3 Å². The summed E-state index contributed by atoms with van der Waals surface area (Å²) in [7, 11) is 0. The maximum atomic E-state index is 13.6. The Morgan fingerprint density at radius 2 is 1.74 bits per heavy atom. The van der Waals surface area contributed by atoms with Gasteiger partial charge in [0.2, 0.25) is 5.91 Å². The van der Waals surface area contributed by atoms with Gasteiger partial charge in [-0.15, -0.1) is 0 Å². The summed E-state index contributed by atoms with van der Waals surface area (Å²) in [6.07, 6.45) is -0.340. The maximum Gasteiger partial charge on any atom is 0.416 e. The second-order valence-corrected chi connectivity index (χ2v) is 10.6. The van der Waals surface area contributed by atoms with Crippen LogP contribution in [0.15, 0.2) is 71.3 Å². The molecule has 0 bridgehead atoms. The number of nitrogens with zero attached hydrogens (tertiary/aromatic N) is 3. The fraction of sp³-hybridized carbons (Fsp3) is 0.400. The summed E-state index contributed by atoms with van der Waals surface area (Å²) in [6.45, 7) is 7.06. The van der Waals surface area contributed by atoms with Crippen molar-refractivity contribution in [3.63, 3.8) is 0 Å². The molecule has 0 radical (unpaired) electrons. The highest BCUT2D eigenvalue weighted by Crippen LogP contribution is 2.30. The van der Waals surface area contributed by atoms with Crippen LogP contribution < -0.4 is 0 Å². The number of halogens is 4. The van der Waals surface area contributed by atoms with Crippen molar-refractivity contribution in [3.05, 3.63) is 93.7 Å². The van der Waals surface area contributed by atoms with Gasteiger partial charge in [0, 0.05) is 41.1 Å². The van der Waals surface area contributed by atoms with Crippen LogP contribution in [0.3, 0.4) is 0 Å². The second kappa shape index (κ2) is 13.8. The normalized spacial score (nSPS) is 12.3. The number of benzene rings is 2. The van der Waals surface area contributed by atoms with Crippen LogP contribution in [0.1, 0.15) is 67.2 Å². The van der Waals surface area contributed by atoms with E-state index in [1.54, 1.807) is 11.8 Å². The molecule has 1 heterocycles. The van der Waals surface area contributed by atoms with E-state index < -0.39 is 17.6 Å². The molecule has 0 aliphatic heterocycles. The molecule has 2 aromatic carbocycles. The molecular weight excluding hydrogens is 571 g/mol. The first-order valence-corrected chi connectivity index (χ1v) is 14.0. The Hall–Kier alpha value is -3.07. The van der Waals surface area contributed by atoms with Gasteiger partial charge in [-0.2, -0.15) is 13.2 Å². The lowest BCUT2D eigenvalue weighted by atomic mass is 10.1. The van der Waals surface area contributed by atoms with E-state index in [4.69, 9.17) is 0 Å². The van der Waals surface area contributed by atoms with E-state index in [0.29, 0.717) is 26.1 Å². The number of hydrogen-bond donors (Lipinski definition) is 0. The molecule has 0 fully saturated rings. The highest BCUT2D eigenvalue weighted by molar-refractivity contribution is 9.10. The average molecular weight is 607 g/mol. The predicted octanol–water partition coefficient (Wildman–Crippen LogP) is 7.39. The molecule has 0 saturated heterocycles. The number of unbranched alkanes of at least 4 members (excludes halogenated alkanes) is 1. The third kappa shape index (κ3) is 8.46. The van der Waals surface area contributed by atoms with Gasteiger partial charge in [0.15, 0.2) is 0 Å². The lowest BCUT2D eigenvalue weighted by Gasteiger charge is -2.31. The molecule has 3 aromatic rings. The largest absolute Gasteiger partial charge is 0.416 e. The monoisotopic (exact) mass is 605 g/mol. The number of alkyl halides is 3. The van der Waals surface area contributed by atoms with Crippen molar-refractivity contribution in [1.29, 1.82) is 0 Å².